The summed E-state index contributed by atoms with van der Waals surface area (Å²) in [5.41, 5.74) is 18.4. The topological polar surface area (TPSA) is 208 Å². The summed E-state index contributed by atoms with van der Waals surface area (Å²) < 4.78 is 0. The monoisotopic (exact) mass is 404 g/mol. The predicted molar refractivity (Wildman–Crippen MR) is 107 cm³/mol. The van der Waals surface area contributed by atoms with Crippen molar-refractivity contribution in [2.75, 3.05) is 6.54 Å². The van der Waals surface area contributed by atoms with Crippen LogP contribution in [0.3, 0.4) is 0 Å². The van der Waals surface area contributed by atoms with E-state index in [0.717, 1.165) is 16.5 Å². The lowest BCUT2D eigenvalue weighted by Gasteiger charge is -2.18. The number of nitrogens with one attached hydrogen (secondary N) is 3. The van der Waals surface area contributed by atoms with Gasteiger partial charge in [-0.05, 0) is 24.5 Å². The fourth-order valence-corrected chi connectivity index (χ4v) is 2.81. The summed E-state index contributed by atoms with van der Waals surface area (Å²) in [6, 6.07) is 5.80. The van der Waals surface area contributed by atoms with Crippen molar-refractivity contribution in [3.8, 4) is 0 Å². The Morgan fingerprint density at radius 2 is 2.00 bits per heavy atom. The van der Waals surface area contributed by atoms with Crippen LogP contribution in [0.4, 0.5) is 0 Å². The lowest BCUT2D eigenvalue weighted by Crippen LogP contribution is -2.51. The Bertz CT molecular complexity index is 910. The largest absolute Gasteiger partial charge is 0.368 e. The number of nitro groups is 1. The number of para-hydroxylation sites is 1. The normalized spacial score (nSPS) is 13.6. The number of fused-ring (bicyclic) bond motifs is 1. The second-order valence-electron chi connectivity index (χ2n) is 6.43. The molecule has 9 N–H and O–H groups in total. The van der Waals surface area contributed by atoms with Crippen molar-refractivity contribution in [3.63, 3.8) is 0 Å². The molecule has 12 heteroatoms. The first-order chi connectivity index (χ1) is 13.8. The molecule has 1 aromatic carbocycles. The lowest BCUT2D eigenvalue weighted by atomic mass is 10.0. The fraction of sp³-hybridized carbons (Fsp3) is 0.353. The first-order valence-corrected chi connectivity index (χ1v) is 8.90. The molecule has 0 fully saturated rings. The number of guanidine groups is 1. The Hall–Kier alpha value is -3.67. The minimum Gasteiger partial charge on any atom is -0.368 e. The van der Waals surface area contributed by atoms with E-state index in [9.17, 15) is 19.7 Å². The van der Waals surface area contributed by atoms with Gasteiger partial charge in [0.2, 0.25) is 11.8 Å². The molecule has 12 nitrogen and oxygen atoms in total. The summed E-state index contributed by atoms with van der Waals surface area (Å²) >= 11 is 0. The first-order valence-electron chi connectivity index (χ1n) is 8.90. The Kier molecular flexibility index (Phi) is 7.48. The molecule has 29 heavy (non-hydrogen) atoms. The maximum atomic E-state index is 12.3. The Balaban J connectivity index is 1.87. The standard InChI is InChI=1S/C17H24N8O4/c18-12(5-3-7-21-17(20)24-25(28)29)16(27)23-14(15(19)26)8-10-9-22-13-6-2-1-4-11(10)13/h1-2,4,6,9,12,14,22H,3,5,7-8,18H2,(H2,19,26)(H,23,27)(H3,20,21,24)/t12-,14-/m0/s1. The summed E-state index contributed by atoms with van der Waals surface area (Å²) in [6.45, 7) is 0.249. The molecule has 0 unspecified atom stereocenters. The van der Waals surface area contributed by atoms with Crippen LogP contribution in [0.2, 0.25) is 0 Å². The van der Waals surface area contributed by atoms with Gasteiger partial charge in [0, 0.05) is 30.1 Å². The molecule has 0 saturated heterocycles. The minimum absolute atomic E-state index is 0.229. The molecule has 156 valence electrons. The molecule has 2 atom stereocenters. The molecular formula is C17H24N8O4. The predicted octanol–water partition coefficient (Wildman–Crippen LogP) is -1.12. The first kappa shape index (κ1) is 21.6. The van der Waals surface area contributed by atoms with Crippen LogP contribution in [-0.4, -0.2) is 46.4 Å². The highest BCUT2D eigenvalue weighted by molar-refractivity contribution is 5.90. The SMILES string of the molecule is NC(=O)[C@H](Cc1c[nH]c2ccccc12)NC(=O)[C@@H](N)CCCN/C(N)=N/[N+](=O)[O-]. The third-order valence-corrected chi connectivity index (χ3v) is 4.28. The highest BCUT2D eigenvalue weighted by Crippen LogP contribution is 2.19. The molecular weight excluding hydrogens is 380 g/mol. The van der Waals surface area contributed by atoms with Crippen LogP contribution in [0, 0.1) is 10.1 Å². The van der Waals surface area contributed by atoms with Gasteiger partial charge in [0.15, 0.2) is 5.03 Å². The van der Waals surface area contributed by atoms with Crippen molar-refractivity contribution in [1.29, 1.82) is 0 Å². The van der Waals surface area contributed by atoms with Gasteiger partial charge in [-0.2, -0.15) is 0 Å². The van der Waals surface area contributed by atoms with Gasteiger partial charge in [0.25, 0.3) is 5.96 Å². The van der Waals surface area contributed by atoms with E-state index in [0.29, 0.717) is 6.42 Å². The van der Waals surface area contributed by atoms with Crippen molar-refractivity contribution in [1.82, 2.24) is 15.6 Å². The van der Waals surface area contributed by atoms with E-state index < -0.39 is 28.9 Å². The van der Waals surface area contributed by atoms with Crippen molar-refractivity contribution >= 4 is 28.7 Å². The number of hydrogen-bond donors (Lipinski definition) is 6. The van der Waals surface area contributed by atoms with Gasteiger partial charge in [-0.3, -0.25) is 9.59 Å². The molecule has 1 aromatic heterocycles. The molecule has 2 rings (SSSR count). The van der Waals surface area contributed by atoms with Gasteiger partial charge < -0.3 is 32.8 Å². The van der Waals surface area contributed by atoms with Gasteiger partial charge in [0.1, 0.15) is 11.1 Å². The van der Waals surface area contributed by atoms with Crippen LogP contribution in [-0.2, 0) is 16.0 Å². The maximum Gasteiger partial charge on any atom is 0.266 e. The van der Waals surface area contributed by atoms with E-state index >= 15 is 0 Å². The van der Waals surface area contributed by atoms with Crippen molar-refractivity contribution < 1.29 is 14.6 Å². The average Bonchev–Trinajstić information content (AvgIpc) is 3.06. The van der Waals surface area contributed by atoms with Crippen molar-refractivity contribution in [2.24, 2.45) is 22.3 Å². The molecule has 0 radical (unpaired) electrons. The molecule has 2 amide bonds. The fourth-order valence-electron chi connectivity index (χ4n) is 2.81. The number of aromatic nitrogens is 1. The zero-order chi connectivity index (χ0) is 21.4. The number of aromatic amines is 1. The highest BCUT2D eigenvalue weighted by atomic mass is 16.7. The number of hydrazone groups is 1. The number of carbonyl (C=O) groups excluding carboxylic acids is 2. The highest BCUT2D eigenvalue weighted by Gasteiger charge is 2.23. The van der Waals surface area contributed by atoms with E-state index in [1.807, 2.05) is 24.3 Å². The van der Waals surface area contributed by atoms with Crippen LogP contribution < -0.4 is 27.8 Å². The van der Waals surface area contributed by atoms with Crippen LogP contribution in [0.25, 0.3) is 10.9 Å². The number of hydrogen-bond acceptors (Lipinski definition) is 5. The van der Waals surface area contributed by atoms with E-state index in [2.05, 4.69) is 20.7 Å². The zero-order valence-electron chi connectivity index (χ0n) is 15.6. The number of rotatable bonds is 10. The Morgan fingerprint density at radius 3 is 2.69 bits per heavy atom. The van der Waals surface area contributed by atoms with Crippen LogP contribution in [0.1, 0.15) is 18.4 Å². The zero-order valence-corrected chi connectivity index (χ0v) is 15.6. The smallest absolute Gasteiger partial charge is 0.266 e. The van der Waals surface area contributed by atoms with Crippen LogP contribution in [0.15, 0.2) is 35.6 Å². The lowest BCUT2D eigenvalue weighted by molar-refractivity contribution is -0.485. The maximum absolute atomic E-state index is 12.3. The molecule has 0 aliphatic heterocycles. The minimum atomic E-state index is -0.917. The quantitative estimate of drug-likeness (QED) is 0.0944. The van der Waals surface area contributed by atoms with E-state index in [4.69, 9.17) is 17.2 Å². The summed E-state index contributed by atoms with van der Waals surface area (Å²) in [5, 5.41) is 18.2. The summed E-state index contributed by atoms with van der Waals surface area (Å²) in [4.78, 5) is 37.4. The second kappa shape index (κ2) is 10.0. The number of amides is 2. The van der Waals surface area contributed by atoms with E-state index in [1.165, 1.54) is 0 Å². The number of H-pyrrole nitrogens is 1. The van der Waals surface area contributed by atoms with Crippen molar-refractivity contribution in [2.45, 2.75) is 31.3 Å². The number of nitrogens with zero attached hydrogens (tertiary/aromatic N) is 2. The third-order valence-electron chi connectivity index (χ3n) is 4.28. The van der Waals surface area contributed by atoms with E-state index in [-0.39, 0.29) is 25.3 Å². The Morgan fingerprint density at radius 1 is 1.28 bits per heavy atom. The molecule has 2 aromatic rings. The van der Waals surface area contributed by atoms with E-state index in [1.54, 1.807) is 6.20 Å². The summed E-state index contributed by atoms with van der Waals surface area (Å²) in [7, 11) is 0. The van der Waals surface area contributed by atoms with Gasteiger partial charge >= 0.3 is 0 Å². The summed E-state index contributed by atoms with van der Waals surface area (Å²) in [5.74, 6) is -1.51. The van der Waals surface area contributed by atoms with Gasteiger partial charge in [-0.25, -0.2) is 10.1 Å². The van der Waals surface area contributed by atoms with Crippen molar-refractivity contribution in [3.05, 3.63) is 46.1 Å². The summed E-state index contributed by atoms with van der Waals surface area (Å²) in [6.07, 6.45) is 2.68. The Labute approximate surface area is 166 Å². The third kappa shape index (κ3) is 6.46. The molecule has 0 saturated carbocycles. The molecule has 1 heterocycles. The number of primary amides is 1. The van der Waals surface area contributed by atoms with Gasteiger partial charge in [-0.15, -0.1) is 0 Å². The molecule has 0 aliphatic carbocycles. The van der Waals surface area contributed by atoms with Gasteiger partial charge in [-0.1, -0.05) is 18.2 Å². The second-order valence-corrected chi connectivity index (χ2v) is 6.43. The number of carbonyl (C=O) groups is 2. The van der Waals surface area contributed by atoms with Crippen LogP contribution in [0.5, 0.6) is 0 Å². The molecule has 0 aliphatic rings. The molecule has 0 spiro atoms. The molecule has 0 bridgehead atoms. The van der Waals surface area contributed by atoms with Crippen LogP contribution >= 0.6 is 0 Å². The average molecular weight is 404 g/mol. The number of nitrogens with two attached hydrogens (primary N) is 3. The number of benzene rings is 1. The van der Waals surface area contributed by atoms with Gasteiger partial charge in [0.05, 0.1) is 6.04 Å².